The maximum Gasteiger partial charge on any atom is 0.229 e. The molecule has 4 rings (SSSR count). The fourth-order valence-electron chi connectivity index (χ4n) is 3.28. The summed E-state index contributed by atoms with van der Waals surface area (Å²) in [5.74, 6) is 1.22. The van der Waals surface area contributed by atoms with Crippen molar-refractivity contribution in [1.29, 1.82) is 5.41 Å². The van der Waals surface area contributed by atoms with Crippen molar-refractivity contribution in [3.05, 3.63) is 47.9 Å². The lowest BCUT2D eigenvalue weighted by Crippen LogP contribution is -2.28. The Morgan fingerprint density at radius 1 is 1.14 bits per heavy atom. The molecule has 1 fully saturated rings. The molecular formula is C20H23N7OS. The zero-order chi connectivity index (χ0) is 20.1. The molecule has 150 valence electrons. The molecule has 0 radical (unpaired) electrons. The number of aliphatic hydroxyl groups is 1. The summed E-state index contributed by atoms with van der Waals surface area (Å²) in [5, 5.41) is 29.2. The number of thiophene rings is 1. The number of rotatable bonds is 7. The fourth-order valence-corrected chi connectivity index (χ4v) is 4.07. The zero-order valence-corrected chi connectivity index (χ0v) is 16.6. The Balaban J connectivity index is 1.53. The third kappa shape index (κ3) is 4.87. The number of pyridine rings is 1. The van der Waals surface area contributed by atoms with Gasteiger partial charge in [0.1, 0.15) is 5.82 Å². The Labute approximate surface area is 172 Å². The lowest BCUT2D eigenvalue weighted by molar-refractivity contribution is 0.126. The van der Waals surface area contributed by atoms with E-state index in [1.165, 1.54) is 6.21 Å². The van der Waals surface area contributed by atoms with E-state index in [0.29, 0.717) is 11.6 Å². The summed E-state index contributed by atoms with van der Waals surface area (Å²) in [6, 6.07) is 5.94. The van der Waals surface area contributed by atoms with Gasteiger partial charge < -0.3 is 26.5 Å². The van der Waals surface area contributed by atoms with Gasteiger partial charge >= 0.3 is 0 Å². The minimum atomic E-state index is -0.189. The Morgan fingerprint density at radius 3 is 2.69 bits per heavy atom. The second-order valence-electron chi connectivity index (χ2n) is 6.93. The van der Waals surface area contributed by atoms with Crippen molar-refractivity contribution < 1.29 is 5.11 Å². The van der Waals surface area contributed by atoms with Crippen LogP contribution in [0.3, 0.4) is 0 Å². The standard InChI is InChI=1S/C20H23N7OS/c21-11-15(12-23-13-5-8-22-9-6-13)25-20-26-17-7-10-29-18(17)19(27-20)24-14-1-3-16(28)4-2-14/h5-12,14,16,21,28H,1-4H2,(H,22,23)(H2,24,25,26,27)/b15-12+,21-11?. The van der Waals surface area contributed by atoms with Crippen LogP contribution in [-0.2, 0) is 0 Å². The number of hydrogen-bond acceptors (Lipinski definition) is 9. The predicted molar refractivity (Wildman–Crippen MR) is 118 cm³/mol. The van der Waals surface area contributed by atoms with Crippen molar-refractivity contribution in [2.75, 3.05) is 16.0 Å². The van der Waals surface area contributed by atoms with Gasteiger partial charge in [0.25, 0.3) is 0 Å². The molecule has 0 amide bonds. The van der Waals surface area contributed by atoms with Crippen LogP contribution in [0.25, 0.3) is 10.2 Å². The highest BCUT2D eigenvalue weighted by Gasteiger charge is 2.21. The minimum Gasteiger partial charge on any atom is -0.393 e. The Morgan fingerprint density at radius 2 is 1.93 bits per heavy atom. The van der Waals surface area contributed by atoms with E-state index in [9.17, 15) is 5.11 Å². The topological polar surface area (TPSA) is 119 Å². The van der Waals surface area contributed by atoms with Crippen LogP contribution < -0.4 is 16.0 Å². The maximum atomic E-state index is 9.74. The van der Waals surface area contributed by atoms with Crippen LogP contribution in [0.15, 0.2) is 47.9 Å². The van der Waals surface area contributed by atoms with Gasteiger partial charge in [-0.2, -0.15) is 4.98 Å². The molecule has 0 aliphatic heterocycles. The average Bonchev–Trinajstić information content (AvgIpc) is 3.22. The summed E-state index contributed by atoms with van der Waals surface area (Å²) in [6.07, 6.45) is 9.57. The summed E-state index contributed by atoms with van der Waals surface area (Å²) < 4.78 is 1.01. The lowest BCUT2D eigenvalue weighted by atomic mass is 9.93. The molecule has 5 N–H and O–H groups in total. The highest BCUT2D eigenvalue weighted by Crippen LogP contribution is 2.30. The van der Waals surface area contributed by atoms with Crippen LogP contribution >= 0.6 is 11.3 Å². The Kier molecular flexibility index (Phi) is 5.97. The van der Waals surface area contributed by atoms with Gasteiger partial charge in [0, 0.05) is 36.5 Å². The van der Waals surface area contributed by atoms with E-state index in [4.69, 9.17) is 5.41 Å². The molecule has 1 aliphatic carbocycles. The summed E-state index contributed by atoms with van der Waals surface area (Å²) in [5.41, 5.74) is 2.26. The number of aliphatic hydroxyl groups excluding tert-OH is 1. The molecule has 0 saturated heterocycles. The fraction of sp³-hybridized carbons (Fsp3) is 0.300. The monoisotopic (exact) mass is 409 g/mol. The molecule has 0 bridgehead atoms. The first-order valence-electron chi connectivity index (χ1n) is 9.55. The number of aromatic nitrogens is 3. The summed E-state index contributed by atoms with van der Waals surface area (Å²) in [7, 11) is 0. The minimum absolute atomic E-state index is 0.189. The quantitative estimate of drug-likeness (QED) is 0.376. The third-order valence-electron chi connectivity index (χ3n) is 4.83. The van der Waals surface area contributed by atoms with E-state index in [0.717, 1.165) is 47.4 Å². The number of fused-ring (bicyclic) bond motifs is 1. The van der Waals surface area contributed by atoms with E-state index >= 15 is 0 Å². The predicted octanol–water partition coefficient (Wildman–Crippen LogP) is 3.82. The summed E-state index contributed by atoms with van der Waals surface area (Å²) >= 11 is 1.60. The van der Waals surface area contributed by atoms with E-state index in [1.54, 1.807) is 29.9 Å². The van der Waals surface area contributed by atoms with Gasteiger partial charge in [-0.25, -0.2) is 4.98 Å². The lowest BCUT2D eigenvalue weighted by Gasteiger charge is -2.26. The zero-order valence-electron chi connectivity index (χ0n) is 15.8. The highest BCUT2D eigenvalue weighted by atomic mass is 32.1. The smallest absolute Gasteiger partial charge is 0.229 e. The van der Waals surface area contributed by atoms with E-state index in [-0.39, 0.29) is 12.1 Å². The van der Waals surface area contributed by atoms with Gasteiger partial charge in [-0.15, -0.1) is 11.3 Å². The molecule has 0 aromatic carbocycles. The molecular weight excluding hydrogens is 386 g/mol. The molecule has 0 atom stereocenters. The normalized spacial score (nSPS) is 19.7. The molecule has 3 heterocycles. The van der Waals surface area contributed by atoms with Crippen molar-refractivity contribution in [1.82, 2.24) is 15.0 Å². The second kappa shape index (κ2) is 8.97. The van der Waals surface area contributed by atoms with E-state index in [2.05, 4.69) is 30.9 Å². The molecule has 29 heavy (non-hydrogen) atoms. The molecule has 0 spiro atoms. The number of nitrogens with zero attached hydrogens (tertiary/aromatic N) is 3. The Hall–Kier alpha value is -3.04. The van der Waals surface area contributed by atoms with Crippen molar-refractivity contribution in [2.45, 2.75) is 37.8 Å². The van der Waals surface area contributed by atoms with Gasteiger partial charge in [-0.1, -0.05) is 0 Å². The SMILES string of the molecule is N=C/C(=C\Nc1ccncc1)Nc1nc(NC2CCC(O)CC2)c2sccc2n1. The van der Waals surface area contributed by atoms with Crippen LogP contribution in [0.4, 0.5) is 17.5 Å². The summed E-state index contributed by atoms with van der Waals surface area (Å²) in [4.78, 5) is 13.2. The maximum absolute atomic E-state index is 9.74. The van der Waals surface area contributed by atoms with Gasteiger partial charge in [0.15, 0.2) is 0 Å². The van der Waals surface area contributed by atoms with E-state index in [1.807, 2.05) is 23.6 Å². The van der Waals surface area contributed by atoms with E-state index < -0.39 is 0 Å². The molecule has 3 aromatic heterocycles. The molecule has 1 aliphatic rings. The molecule has 9 heteroatoms. The first kappa shape index (κ1) is 19.3. The second-order valence-corrected chi connectivity index (χ2v) is 7.85. The van der Waals surface area contributed by atoms with Crippen LogP contribution in [0.5, 0.6) is 0 Å². The van der Waals surface area contributed by atoms with Gasteiger partial charge in [0.2, 0.25) is 5.95 Å². The summed E-state index contributed by atoms with van der Waals surface area (Å²) in [6.45, 7) is 0. The average molecular weight is 410 g/mol. The van der Waals surface area contributed by atoms with Crippen molar-refractivity contribution in [3.63, 3.8) is 0 Å². The number of anilines is 3. The number of allylic oxidation sites excluding steroid dienone is 1. The Bertz CT molecular complexity index is 996. The molecule has 0 unspecified atom stereocenters. The van der Waals surface area contributed by atoms with Gasteiger partial charge in [-0.05, 0) is 49.3 Å². The van der Waals surface area contributed by atoms with Crippen molar-refractivity contribution in [2.24, 2.45) is 0 Å². The highest BCUT2D eigenvalue weighted by molar-refractivity contribution is 7.17. The molecule has 1 saturated carbocycles. The van der Waals surface area contributed by atoms with Crippen molar-refractivity contribution >= 4 is 45.2 Å². The van der Waals surface area contributed by atoms with Crippen LogP contribution in [0.1, 0.15) is 25.7 Å². The van der Waals surface area contributed by atoms with Crippen LogP contribution in [-0.4, -0.2) is 38.4 Å². The largest absolute Gasteiger partial charge is 0.393 e. The first-order chi connectivity index (χ1) is 14.2. The number of hydrogen-bond donors (Lipinski definition) is 5. The number of nitrogens with one attached hydrogen (secondary N) is 4. The first-order valence-corrected chi connectivity index (χ1v) is 10.4. The van der Waals surface area contributed by atoms with Crippen molar-refractivity contribution in [3.8, 4) is 0 Å². The molecule has 3 aromatic rings. The van der Waals surface area contributed by atoms with Gasteiger partial charge in [0.05, 0.1) is 22.0 Å². The van der Waals surface area contributed by atoms with Crippen LogP contribution in [0.2, 0.25) is 0 Å². The molecule has 8 nitrogen and oxygen atoms in total. The third-order valence-corrected chi connectivity index (χ3v) is 5.74. The van der Waals surface area contributed by atoms with Gasteiger partial charge in [-0.3, -0.25) is 4.98 Å². The van der Waals surface area contributed by atoms with Crippen LogP contribution in [0, 0.1) is 5.41 Å².